The van der Waals surface area contributed by atoms with Crippen LogP contribution in [0.5, 0.6) is 0 Å². The summed E-state index contributed by atoms with van der Waals surface area (Å²) < 4.78 is 0. The lowest BCUT2D eigenvalue weighted by Crippen LogP contribution is -1.69. The molecule has 0 aliphatic carbocycles. The van der Waals surface area contributed by atoms with Crippen molar-refractivity contribution in [1.82, 2.24) is 0 Å². The zero-order valence-electron chi connectivity index (χ0n) is 4.90. The molecular weight excluding hydrogens is 104 g/mol. The second-order valence-corrected chi connectivity index (χ2v) is 2.64. The predicted octanol–water partition coefficient (Wildman–Crippen LogP) is 2.47. The molecule has 0 rings (SSSR count). The van der Waals surface area contributed by atoms with Crippen molar-refractivity contribution in [3.05, 3.63) is 11.5 Å². The first-order valence-electron chi connectivity index (χ1n) is 2.55. The van der Waals surface area contributed by atoms with Gasteiger partial charge in [-0.05, 0) is 17.1 Å². The Labute approximate surface area is 50.0 Å². The quantitative estimate of drug-likeness (QED) is 0.544. The Morgan fingerprint density at radius 1 is 1.57 bits per heavy atom. The fourth-order valence-electron chi connectivity index (χ4n) is 0.287. The minimum atomic E-state index is 0.999. The SMILES string of the molecule is [CH]=C(CC)SCC. The van der Waals surface area contributed by atoms with E-state index in [-0.39, 0.29) is 0 Å². The molecule has 0 nitrogen and oxygen atoms in total. The largest absolute Gasteiger partial charge is 0.131 e. The fraction of sp³-hybridized carbons (Fsp3) is 0.667. The summed E-state index contributed by atoms with van der Waals surface area (Å²) in [4.78, 5) is 1.04. The molecule has 0 aromatic carbocycles. The van der Waals surface area contributed by atoms with Crippen molar-refractivity contribution >= 4 is 11.8 Å². The van der Waals surface area contributed by atoms with E-state index in [1.54, 1.807) is 11.8 Å². The number of rotatable bonds is 3. The Kier molecular flexibility index (Phi) is 4.31. The van der Waals surface area contributed by atoms with Gasteiger partial charge in [0.2, 0.25) is 0 Å². The Morgan fingerprint density at radius 3 is 2.29 bits per heavy atom. The van der Waals surface area contributed by atoms with Crippen molar-refractivity contribution < 1.29 is 0 Å². The second kappa shape index (κ2) is 4.25. The van der Waals surface area contributed by atoms with E-state index in [2.05, 4.69) is 13.8 Å². The topological polar surface area (TPSA) is 0 Å². The minimum absolute atomic E-state index is 0.999. The summed E-state index contributed by atoms with van der Waals surface area (Å²) in [7, 11) is 0. The third-order valence-corrected chi connectivity index (χ3v) is 1.63. The standard InChI is InChI=1S/C6H11S/c1-4-6(3)7-5-2/h3H,4-5H2,1-2H3. The zero-order valence-corrected chi connectivity index (χ0v) is 5.72. The minimum Gasteiger partial charge on any atom is -0.131 e. The Hall–Kier alpha value is 0.0900. The van der Waals surface area contributed by atoms with Crippen LogP contribution in [0.4, 0.5) is 0 Å². The fourth-order valence-corrected chi connectivity index (χ4v) is 0.862. The summed E-state index contributed by atoms with van der Waals surface area (Å²) in [5, 5.41) is 0. The van der Waals surface area contributed by atoms with Crippen molar-refractivity contribution in [3.63, 3.8) is 0 Å². The van der Waals surface area contributed by atoms with E-state index in [1.807, 2.05) is 0 Å². The van der Waals surface area contributed by atoms with Gasteiger partial charge in [0.1, 0.15) is 0 Å². The van der Waals surface area contributed by atoms with Crippen molar-refractivity contribution in [2.45, 2.75) is 20.3 Å². The molecule has 41 valence electrons. The third kappa shape index (κ3) is 3.93. The van der Waals surface area contributed by atoms with E-state index in [0.717, 1.165) is 17.1 Å². The lowest BCUT2D eigenvalue weighted by molar-refractivity contribution is 1.20. The molecular formula is C6H11S. The van der Waals surface area contributed by atoms with Crippen LogP contribution >= 0.6 is 11.8 Å². The maximum atomic E-state index is 5.46. The zero-order chi connectivity index (χ0) is 5.70. The average Bonchev–Trinajstić information content (AvgIpc) is 1.68. The van der Waals surface area contributed by atoms with Crippen LogP contribution in [0.25, 0.3) is 0 Å². The van der Waals surface area contributed by atoms with Gasteiger partial charge in [-0.3, -0.25) is 0 Å². The summed E-state index contributed by atoms with van der Waals surface area (Å²) in [5.74, 6) is 1.10. The Bertz CT molecular complexity index is 57.2. The van der Waals surface area contributed by atoms with E-state index in [0.29, 0.717) is 0 Å². The molecule has 0 amide bonds. The second-order valence-electron chi connectivity index (χ2n) is 1.25. The van der Waals surface area contributed by atoms with Crippen LogP contribution in [0, 0.1) is 6.58 Å². The molecule has 1 radical (unpaired) electrons. The predicted molar refractivity (Wildman–Crippen MR) is 36.2 cm³/mol. The molecule has 0 aliphatic heterocycles. The van der Waals surface area contributed by atoms with E-state index >= 15 is 0 Å². The molecule has 0 aromatic rings. The number of allylic oxidation sites excluding steroid dienone is 1. The highest BCUT2D eigenvalue weighted by molar-refractivity contribution is 8.02. The Balaban J connectivity index is 3.00. The molecule has 0 atom stereocenters. The van der Waals surface area contributed by atoms with Crippen LogP contribution in [0.3, 0.4) is 0 Å². The van der Waals surface area contributed by atoms with Gasteiger partial charge in [-0.1, -0.05) is 20.4 Å². The lowest BCUT2D eigenvalue weighted by Gasteiger charge is -1.93. The summed E-state index contributed by atoms with van der Waals surface area (Å²) in [6, 6.07) is 0. The number of thioether (sulfide) groups is 1. The molecule has 0 heterocycles. The summed E-state index contributed by atoms with van der Waals surface area (Å²) in [5.41, 5.74) is 0. The van der Waals surface area contributed by atoms with E-state index < -0.39 is 0 Å². The molecule has 0 fully saturated rings. The molecule has 7 heavy (non-hydrogen) atoms. The van der Waals surface area contributed by atoms with Crippen LogP contribution in [-0.4, -0.2) is 5.75 Å². The average molecular weight is 115 g/mol. The highest BCUT2D eigenvalue weighted by atomic mass is 32.2. The molecule has 0 aliphatic rings. The van der Waals surface area contributed by atoms with Crippen LogP contribution in [0.15, 0.2) is 4.91 Å². The third-order valence-electron chi connectivity index (χ3n) is 0.678. The van der Waals surface area contributed by atoms with Crippen molar-refractivity contribution in [2.75, 3.05) is 5.75 Å². The first kappa shape index (κ1) is 7.09. The maximum absolute atomic E-state index is 5.46. The van der Waals surface area contributed by atoms with Crippen molar-refractivity contribution in [2.24, 2.45) is 0 Å². The number of hydrogen-bond donors (Lipinski definition) is 0. The molecule has 0 unspecified atom stereocenters. The number of hydrogen-bond acceptors (Lipinski definition) is 1. The maximum Gasteiger partial charge on any atom is -0.00517 e. The first-order chi connectivity index (χ1) is 3.31. The normalized spacial score (nSPS) is 8.86. The molecule has 0 saturated carbocycles. The van der Waals surface area contributed by atoms with E-state index in [9.17, 15) is 0 Å². The van der Waals surface area contributed by atoms with Crippen LogP contribution < -0.4 is 0 Å². The van der Waals surface area contributed by atoms with Gasteiger partial charge in [0, 0.05) is 0 Å². The van der Waals surface area contributed by atoms with Crippen molar-refractivity contribution in [1.29, 1.82) is 0 Å². The smallest absolute Gasteiger partial charge is 0.00517 e. The Morgan fingerprint density at radius 2 is 2.14 bits per heavy atom. The van der Waals surface area contributed by atoms with Gasteiger partial charge < -0.3 is 0 Å². The highest BCUT2D eigenvalue weighted by Crippen LogP contribution is 2.14. The molecule has 0 spiro atoms. The van der Waals surface area contributed by atoms with Gasteiger partial charge in [0.15, 0.2) is 0 Å². The van der Waals surface area contributed by atoms with Gasteiger partial charge in [-0.2, -0.15) is 0 Å². The molecule has 0 saturated heterocycles. The van der Waals surface area contributed by atoms with Crippen LogP contribution in [0.2, 0.25) is 0 Å². The van der Waals surface area contributed by atoms with Crippen LogP contribution in [0.1, 0.15) is 20.3 Å². The summed E-state index contributed by atoms with van der Waals surface area (Å²) in [6.45, 7) is 9.63. The summed E-state index contributed by atoms with van der Waals surface area (Å²) >= 11 is 1.73. The van der Waals surface area contributed by atoms with E-state index in [4.69, 9.17) is 6.58 Å². The highest BCUT2D eigenvalue weighted by Gasteiger charge is 1.84. The monoisotopic (exact) mass is 115 g/mol. The van der Waals surface area contributed by atoms with Gasteiger partial charge in [0.25, 0.3) is 0 Å². The van der Waals surface area contributed by atoms with Gasteiger partial charge in [-0.15, -0.1) is 11.8 Å². The summed E-state index contributed by atoms with van der Waals surface area (Å²) in [6.07, 6.45) is 0.999. The van der Waals surface area contributed by atoms with Gasteiger partial charge in [-0.25, -0.2) is 0 Å². The van der Waals surface area contributed by atoms with E-state index in [1.165, 1.54) is 0 Å². The van der Waals surface area contributed by atoms with Gasteiger partial charge >= 0.3 is 0 Å². The first-order valence-corrected chi connectivity index (χ1v) is 3.53. The van der Waals surface area contributed by atoms with Crippen LogP contribution in [-0.2, 0) is 0 Å². The lowest BCUT2D eigenvalue weighted by atomic mass is 10.5. The molecule has 0 bridgehead atoms. The molecule has 0 aromatic heterocycles. The molecule has 0 N–H and O–H groups in total. The van der Waals surface area contributed by atoms with Crippen molar-refractivity contribution in [3.8, 4) is 0 Å². The molecule has 1 heteroatoms. The van der Waals surface area contributed by atoms with Gasteiger partial charge in [0.05, 0.1) is 0 Å².